The van der Waals surface area contributed by atoms with Gasteiger partial charge in [0.15, 0.2) is 0 Å². The Bertz CT molecular complexity index is 246. The first-order valence-corrected chi connectivity index (χ1v) is 4.28. The SMILES string of the molecule is CC(C)COc1ccc(NN)nc1. The van der Waals surface area contributed by atoms with Gasteiger partial charge in [0.2, 0.25) is 0 Å². The molecule has 4 heteroatoms. The van der Waals surface area contributed by atoms with E-state index in [-0.39, 0.29) is 0 Å². The van der Waals surface area contributed by atoms with Gasteiger partial charge in [-0.05, 0) is 18.1 Å². The monoisotopic (exact) mass is 181 g/mol. The van der Waals surface area contributed by atoms with E-state index in [1.54, 1.807) is 12.3 Å². The van der Waals surface area contributed by atoms with E-state index in [9.17, 15) is 0 Å². The predicted molar refractivity (Wildman–Crippen MR) is 52.4 cm³/mol. The molecule has 0 aliphatic rings. The normalized spacial score (nSPS) is 10.2. The van der Waals surface area contributed by atoms with Crippen molar-refractivity contribution in [3.05, 3.63) is 18.3 Å². The number of hydrogen-bond donors (Lipinski definition) is 2. The first kappa shape index (κ1) is 9.80. The number of hydrogen-bond acceptors (Lipinski definition) is 4. The number of anilines is 1. The Balaban J connectivity index is 2.49. The average Bonchev–Trinajstić information content (AvgIpc) is 2.15. The van der Waals surface area contributed by atoms with E-state index in [0.717, 1.165) is 5.75 Å². The van der Waals surface area contributed by atoms with Crippen LogP contribution in [-0.4, -0.2) is 11.6 Å². The highest BCUT2D eigenvalue weighted by Gasteiger charge is 1.97. The molecular formula is C9H15N3O. The fraction of sp³-hybridized carbons (Fsp3) is 0.444. The van der Waals surface area contributed by atoms with E-state index in [0.29, 0.717) is 18.3 Å². The lowest BCUT2D eigenvalue weighted by Gasteiger charge is -2.08. The molecular weight excluding hydrogens is 166 g/mol. The molecule has 3 N–H and O–H groups in total. The van der Waals surface area contributed by atoms with Gasteiger partial charge in [-0.3, -0.25) is 0 Å². The molecule has 4 nitrogen and oxygen atoms in total. The zero-order valence-corrected chi connectivity index (χ0v) is 7.95. The Morgan fingerprint density at radius 1 is 1.54 bits per heavy atom. The van der Waals surface area contributed by atoms with Crippen molar-refractivity contribution in [1.29, 1.82) is 0 Å². The van der Waals surface area contributed by atoms with Gasteiger partial charge in [0.1, 0.15) is 11.6 Å². The van der Waals surface area contributed by atoms with Crippen molar-refractivity contribution < 1.29 is 4.74 Å². The van der Waals surface area contributed by atoms with Gasteiger partial charge in [0, 0.05) is 0 Å². The highest BCUT2D eigenvalue weighted by molar-refractivity contribution is 5.35. The Labute approximate surface area is 78.1 Å². The molecule has 1 aromatic rings. The molecule has 1 heterocycles. The van der Waals surface area contributed by atoms with Gasteiger partial charge in [0.25, 0.3) is 0 Å². The van der Waals surface area contributed by atoms with Gasteiger partial charge in [0.05, 0.1) is 12.8 Å². The smallest absolute Gasteiger partial charge is 0.140 e. The van der Waals surface area contributed by atoms with Gasteiger partial charge >= 0.3 is 0 Å². The molecule has 0 unspecified atom stereocenters. The molecule has 0 aromatic carbocycles. The number of pyridine rings is 1. The van der Waals surface area contributed by atoms with Gasteiger partial charge in [-0.1, -0.05) is 13.8 Å². The van der Waals surface area contributed by atoms with E-state index in [1.807, 2.05) is 6.07 Å². The van der Waals surface area contributed by atoms with Crippen LogP contribution in [0.1, 0.15) is 13.8 Å². The second-order valence-corrected chi connectivity index (χ2v) is 3.23. The summed E-state index contributed by atoms with van der Waals surface area (Å²) < 4.78 is 5.44. The van der Waals surface area contributed by atoms with Gasteiger partial charge in [-0.15, -0.1) is 0 Å². The molecule has 72 valence electrons. The Hall–Kier alpha value is -1.29. The molecule has 1 aromatic heterocycles. The number of nitrogens with two attached hydrogens (primary N) is 1. The molecule has 0 saturated heterocycles. The largest absolute Gasteiger partial charge is 0.492 e. The van der Waals surface area contributed by atoms with E-state index < -0.39 is 0 Å². The van der Waals surface area contributed by atoms with Crippen LogP contribution >= 0.6 is 0 Å². The van der Waals surface area contributed by atoms with Crippen LogP contribution in [0, 0.1) is 5.92 Å². The van der Waals surface area contributed by atoms with E-state index in [4.69, 9.17) is 10.6 Å². The maximum atomic E-state index is 5.44. The zero-order chi connectivity index (χ0) is 9.68. The summed E-state index contributed by atoms with van der Waals surface area (Å²) in [7, 11) is 0. The van der Waals surface area contributed by atoms with E-state index in [1.165, 1.54) is 0 Å². The summed E-state index contributed by atoms with van der Waals surface area (Å²) in [6.07, 6.45) is 1.65. The summed E-state index contributed by atoms with van der Waals surface area (Å²) in [6, 6.07) is 3.61. The average molecular weight is 181 g/mol. The predicted octanol–water partition coefficient (Wildman–Crippen LogP) is 1.40. The van der Waals surface area contributed by atoms with Crippen molar-refractivity contribution in [2.45, 2.75) is 13.8 Å². The quantitative estimate of drug-likeness (QED) is 0.544. The lowest BCUT2D eigenvalue weighted by Crippen LogP contribution is -2.09. The second kappa shape index (κ2) is 4.67. The summed E-state index contributed by atoms with van der Waals surface area (Å²) in [5, 5.41) is 0. The van der Waals surface area contributed by atoms with Crippen molar-refractivity contribution in [1.82, 2.24) is 4.98 Å². The zero-order valence-electron chi connectivity index (χ0n) is 7.95. The number of nitrogen functional groups attached to an aromatic ring is 1. The van der Waals surface area contributed by atoms with Crippen molar-refractivity contribution in [2.75, 3.05) is 12.0 Å². The van der Waals surface area contributed by atoms with Crippen molar-refractivity contribution in [3.63, 3.8) is 0 Å². The molecule has 1 rings (SSSR count). The van der Waals surface area contributed by atoms with Crippen LogP contribution in [0.25, 0.3) is 0 Å². The van der Waals surface area contributed by atoms with Gasteiger partial charge in [-0.25, -0.2) is 10.8 Å². The van der Waals surface area contributed by atoms with Crippen molar-refractivity contribution in [3.8, 4) is 5.75 Å². The molecule has 13 heavy (non-hydrogen) atoms. The Kier molecular flexibility index (Phi) is 3.52. The summed E-state index contributed by atoms with van der Waals surface area (Å²) in [5.41, 5.74) is 2.45. The maximum Gasteiger partial charge on any atom is 0.140 e. The molecule has 0 spiro atoms. The van der Waals surface area contributed by atoms with Gasteiger partial charge < -0.3 is 10.2 Å². The van der Waals surface area contributed by atoms with Crippen molar-refractivity contribution >= 4 is 5.82 Å². The third kappa shape index (κ3) is 3.29. The van der Waals surface area contributed by atoms with Crippen LogP contribution in [0.4, 0.5) is 5.82 Å². The number of aromatic nitrogens is 1. The first-order chi connectivity index (χ1) is 6.22. The minimum Gasteiger partial charge on any atom is -0.492 e. The fourth-order valence-corrected chi connectivity index (χ4v) is 0.814. The van der Waals surface area contributed by atoms with Crippen LogP contribution in [0.5, 0.6) is 5.75 Å². The number of nitrogens with zero attached hydrogens (tertiary/aromatic N) is 1. The lowest BCUT2D eigenvalue weighted by atomic mass is 10.2. The third-order valence-corrected chi connectivity index (χ3v) is 1.47. The van der Waals surface area contributed by atoms with E-state index in [2.05, 4.69) is 24.3 Å². The van der Waals surface area contributed by atoms with E-state index >= 15 is 0 Å². The summed E-state index contributed by atoms with van der Waals surface area (Å²) >= 11 is 0. The third-order valence-electron chi connectivity index (χ3n) is 1.47. The minimum atomic E-state index is 0.521. The highest BCUT2D eigenvalue weighted by Crippen LogP contribution is 2.11. The van der Waals surface area contributed by atoms with Crippen LogP contribution in [0.3, 0.4) is 0 Å². The van der Waals surface area contributed by atoms with Crippen LogP contribution in [0.15, 0.2) is 18.3 Å². The van der Waals surface area contributed by atoms with Crippen LogP contribution in [0.2, 0.25) is 0 Å². The molecule has 0 aliphatic carbocycles. The molecule has 0 amide bonds. The lowest BCUT2D eigenvalue weighted by molar-refractivity contribution is 0.270. The van der Waals surface area contributed by atoms with Crippen molar-refractivity contribution in [2.24, 2.45) is 11.8 Å². The Morgan fingerprint density at radius 3 is 2.77 bits per heavy atom. The summed E-state index contributed by atoms with van der Waals surface area (Å²) in [5.74, 6) is 7.10. The molecule has 0 atom stereocenters. The molecule has 0 bridgehead atoms. The second-order valence-electron chi connectivity index (χ2n) is 3.23. The highest BCUT2D eigenvalue weighted by atomic mass is 16.5. The molecule has 0 saturated carbocycles. The topological polar surface area (TPSA) is 60.2 Å². The van der Waals surface area contributed by atoms with Crippen LogP contribution in [-0.2, 0) is 0 Å². The number of hydrazine groups is 1. The number of rotatable bonds is 4. The first-order valence-electron chi connectivity index (χ1n) is 4.28. The van der Waals surface area contributed by atoms with Gasteiger partial charge in [-0.2, -0.15) is 0 Å². The summed E-state index contributed by atoms with van der Waals surface area (Å²) in [6.45, 7) is 4.91. The van der Waals surface area contributed by atoms with Crippen LogP contribution < -0.4 is 16.0 Å². The fourth-order valence-electron chi connectivity index (χ4n) is 0.814. The summed E-state index contributed by atoms with van der Waals surface area (Å²) in [4.78, 5) is 4.01. The minimum absolute atomic E-state index is 0.521. The standard InChI is InChI=1S/C9H15N3O/c1-7(2)6-13-8-3-4-9(12-10)11-5-8/h3-5,7H,6,10H2,1-2H3,(H,11,12). The number of nitrogens with one attached hydrogen (secondary N) is 1. The molecule has 0 fully saturated rings. The maximum absolute atomic E-state index is 5.44. The Morgan fingerprint density at radius 2 is 2.31 bits per heavy atom. The molecule has 0 radical (unpaired) electrons. The number of ether oxygens (including phenoxy) is 1. The molecule has 0 aliphatic heterocycles.